The Bertz CT molecular complexity index is 964. The number of thiophene rings is 1. The van der Waals surface area contributed by atoms with Crippen LogP contribution in [0.25, 0.3) is 10.2 Å². The van der Waals surface area contributed by atoms with Crippen LogP contribution in [0.4, 0.5) is 19.0 Å². The summed E-state index contributed by atoms with van der Waals surface area (Å²) in [6, 6.07) is 1.21. The normalized spacial score (nSPS) is 14.8. The zero-order valence-electron chi connectivity index (χ0n) is 13.7. The zero-order valence-corrected chi connectivity index (χ0v) is 14.5. The fourth-order valence-electron chi connectivity index (χ4n) is 3.17. The fraction of sp³-hybridized carbons (Fsp3) is 0.353. The summed E-state index contributed by atoms with van der Waals surface area (Å²) in [5.41, 5.74) is 1.76. The first-order valence-electron chi connectivity index (χ1n) is 7.85. The Labute approximate surface area is 146 Å². The average molecular weight is 364 g/mol. The number of anilines is 1. The molecule has 0 aliphatic carbocycles. The minimum absolute atomic E-state index is 0.368. The van der Waals surface area contributed by atoms with Gasteiger partial charge in [-0.3, -0.25) is 4.98 Å². The van der Waals surface area contributed by atoms with Crippen LogP contribution in [0.3, 0.4) is 0 Å². The summed E-state index contributed by atoms with van der Waals surface area (Å²) in [4.78, 5) is 16.9. The predicted molar refractivity (Wildman–Crippen MR) is 90.9 cm³/mol. The Morgan fingerprint density at radius 2 is 1.96 bits per heavy atom. The maximum absolute atomic E-state index is 13.0. The first-order valence-corrected chi connectivity index (χ1v) is 8.67. The lowest BCUT2D eigenvalue weighted by molar-refractivity contribution is -0.137. The smallest absolute Gasteiger partial charge is 0.351 e. The van der Waals surface area contributed by atoms with Gasteiger partial charge in [-0.1, -0.05) is 0 Å². The summed E-state index contributed by atoms with van der Waals surface area (Å²) in [5, 5.41) is 0.994. The van der Waals surface area contributed by atoms with E-state index in [1.165, 1.54) is 17.3 Å². The van der Waals surface area contributed by atoms with Crippen molar-refractivity contribution in [1.82, 2.24) is 15.0 Å². The zero-order chi connectivity index (χ0) is 17.8. The van der Waals surface area contributed by atoms with E-state index >= 15 is 0 Å². The van der Waals surface area contributed by atoms with Crippen molar-refractivity contribution in [3.05, 3.63) is 45.9 Å². The van der Waals surface area contributed by atoms with Crippen molar-refractivity contribution in [3.63, 3.8) is 0 Å². The van der Waals surface area contributed by atoms with Crippen LogP contribution in [0.2, 0.25) is 0 Å². The molecule has 0 aromatic carbocycles. The van der Waals surface area contributed by atoms with E-state index < -0.39 is 11.7 Å². The molecule has 0 saturated carbocycles. The summed E-state index contributed by atoms with van der Waals surface area (Å²) in [5.74, 6) is 0.787. The first-order chi connectivity index (χ1) is 11.8. The molecule has 0 atom stereocenters. The summed E-state index contributed by atoms with van der Waals surface area (Å²) < 4.78 is 38.9. The molecule has 0 saturated heterocycles. The van der Waals surface area contributed by atoms with Gasteiger partial charge >= 0.3 is 6.18 Å². The van der Waals surface area contributed by atoms with Crippen molar-refractivity contribution in [2.45, 2.75) is 33.0 Å². The van der Waals surface area contributed by atoms with E-state index in [2.05, 4.69) is 15.0 Å². The van der Waals surface area contributed by atoms with Crippen LogP contribution >= 0.6 is 11.3 Å². The number of aromatic nitrogens is 3. The summed E-state index contributed by atoms with van der Waals surface area (Å²) in [7, 11) is 0. The van der Waals surface area contributed by atoms with Gasteiger partial charge in [0.2, 0.25) is 0 Å². The van der Waals surface area contributed by atoms with Crippen LogP contribution in [0.15, 0.2) is 18.6 Å². The molecule has 0 bridgehead atoms. The maximum Gasteiger partial charge on any atom is 0.417 e. The third-order valence-corrected chi connectivity index (χ3v) is 5.73. The summed E-state index contributed by atoms with van der Waals surface area (Å²) >= 11 is 1.61. The van der Waals surface area contributed by atoms with Crippen LogP contribution in [-0.2, 0) is 19.1 Å². The van der Waals surface area contributed by atoms with Gasteiger partial charge < -0.3 is 4.90 Å². The van der Waals surface area contributed by atoms with Gasteiger partial charge in [0, 0.05) is 36.3 Å². The molecule has 4 nitrogen and oxygen atoms in total. The molecular formula is C17H15F3N4S. The monoisotopic (exact) mass is 364 g/mol. The summed E-state index contributed by atoms with van der Waals surface area (Å²) in [6.07, 6.45) is -1.34. The highest BCUT2D eigenvalue weighted by atomic mass is 32.1. The number of hydrogen-bond donors (Lipinski definition) is 0. The van der Waals surface area contributed by atoms with Crippen molar-refractivity contribution < 1.29 is 13.2 Å². The lowest BCUT2D eigenvalue weighted by atomic mass is 10.0. The molecule has 1 aliphatic heterocycles. The number of pyridine rings is 1. The second-order valence-corrected chi connectivity index (χ2v) is 7.36. The lowest BCUT2D eigenvalue weighted by Gasteiger charge is -2.30. The quantitative estimate of drug-likeness (QED) is 0.646. The van der Waals surface area contributed by atoms with Crippen molar-refractivity contribution in [1.29, 1.82) is 0 Å². The molecule has 130 valence electrons. The largest absolute Gasteiger partial charge is 0.417 e. The highest BCUT2D eigenvalue weighted by Gasteiger charge is 2.32. The van der Waals surface area contributed by atoms with Crippen LogP contribution < -0.4 is 4.90 Å². The highest BCUT2D eigenvalue weighted by Crippen LogP contribution is 2.36. The van der Waals surface area contributed by atoms with E-state index in [0.29, 0.717) is 25.1 Å². The Hall–Kier alpha value is -2.22. The first kappa shape index (κ1) is 16.3. The van der Waals surface area contributed by atoms with E-state index in [1.807, 2.05) is 18.7 Å². The molecular weight excluding hydrogens is 349 g/mol. The van der Waals surface area contributed by atoms with Gasteiger partial charge in [0.15, 0.2) is 0 Å². The van der Waals surface area contributed by atoms with Crippen LogP contribution in [0, 0.1) is 13.8 Å². The molecule has 0 N–H and O–H groups in total. The number of hydrogen-bond acceptors (Lipinski definition) is 5. The Kier molecular flexibility index (Phi) is 3.68. The number of nitrogens with zero attached hydrogens (tertiary/aromatic N) is 4. The standard InChI is InChI=1S/C17H15F3N4S/c1-9-10(2)25-16-14(9)15(22-8-23-16)24-4-3-13-11(7-24)5-12(6-21-13)17(18,19)20/h5-6,8H,3-4,7H2,1-2H3. The third kappa shape index (κ3) is 2.74. The van der Waals surface area contributed by atoms with Crippen molar-refractivity contribution in [2.24, 2.45) is 0 Å². The molecule has 4 rings (SSSR count). The van der Waals surface area contributed by atoms with Gasteiger partial charge in [0.25, 0.3) is 0 Å². The number of fused-ring (bicyclic) bond motifs is 2. The molecule has 3 aromatic heterocycles. The lowest BCUT2D eigenvalue weighted by Crippen LogP contribution is -2.32. The van der Waals surface area contributed by atoms with E-state index in [0.717, 1.165) is 33.5 Å². The molecule has 0 unspecified atom stereocenters. The molecule has 4 heterocycles. The van der Waals surface area contributed by atoms with Gasteiger partial charge in [-0.2, -0.15) is 13.2 Å². The van der Waals surface area contributed by atoms with E-state index in [4.69, 9.17) is 0 Å². The molecule has 25 heavy (non-hydrogen) atoms. The average Bonchev–Trinajstić information content (AvgIpc) is 2.87. The van der Waals surface area contributed by atoms with E-state index in [1.54, 1.807) is 11.3 Å². The van der Waals surface area contributed by atoms with Crippen molar-refractivity contribution >= 4 is 27.4 Å². The second kappa shape index (κ2) is 5.66. The van der Waals surface area contributed by atoms with Crippen LogP contribution in [0.5, 0.6) is 0 Å². The van der Waals surface area contributed by atoms with Crippen molar-refractivity contribution in [3.8, 4) is 0 Å². The Balaban J connectivity index is 1.76. The third-order valence-electron chi connectivity index (χ3n) is 4.61. The number of aryl methyl sites for hydroxylation is 2. The Morgan fingerprint density at radius 3 is 2.72 bits per heavy atom. The van der Waals surface area contributed by atoms with E-state index in [-0.39, 0.29) is 0 Å². The van der Waals surface area contributed by atoms with E-state index in [9.17, 15) is 13.2 Å². The van der Waals surface area contributed by atoms with Crippen LogP contribution in [-0.4, -0.2) is 21.5 Å². The van der Waals surface area contributed by atoms with Gasteiger partial charge in [-0.15, -0.1) is 11.3 Å². The SMILES string of the molecule is Cc1sc2ncnc(N3CCc4ncc(C(F)(F)F)cc4C3)c2c1C. The van der Waals surface area contributed by atoms with Gasteiger partial charge in [0.05, 0.1) is 10.9 Å². The minimum atomic E-state index is -4.38. The van der Waals surface area contributed by atoms with Crippen molar-refractivity contribution in [2.75, 3.05) is 11.4 Å². The van der Waals surface area contributed by atoms with Crippen LogP contribution in [0.1, 0.15) is 27.3 Å². The molecule has 0 fully saturated rings. The predicted octanol–water partition coefficient (Wildman–Crippen LogP) is 4.28. The molecule has 3 aromatic rings. The number of alkyl halides is 3. The molecule has 1 aliphatic rings. The fourth-order valence-corrected chi connectivity index (χ4v) is 4.16. The number of rotatable bonds is 1. The second-order valence-electron chi connectivity index (χ2n) is 6.16. The minimum Gasteiger partial charge on any atom is -0.351 e. The molecule has 0 amide bonds. The Morgan fingerprint density at radius 1 is 1.16 bits per heavy atom. The molecule has 8 heteroatoms. The van der Waals surface area contributed by atoms with Gasteiger partial charge in [-0.25, -0.2) is 9.97 Å². The topological polar surface area (TPSA) is 41.9 Å². The summed E-state index contributed by atoms with van der Waals surface area (Å²) in [6.45, 7) is 5.11. The van der Waals surface area contributed by atoms with Gasteiger partial charge in [-0.05, 0) is 31.0 Å². The number of halogens is 3. The molecule has 0 radical (unpaired) electrons. The molecule has 0 spiro atoms. The maximum atomic E-state index is 13.0. The van der Waals surface area contributed by atoms with Gasteiger partial charge in [0.1, 0.15) is 17.0 Å². The highest BCUT2D eigenvalue weighted by molar-refractivity contribution is 7.18.